The molecule has 0 aliphatic heterocycles. The largest absolute Gasteiger partial charge is 0.480 e. The third-order valence-corrected chi connectivity index (χ3v) is 3.50. The fourth-order valence-electron chi connectivity index (χ4n) is 2.23. The molecule has 3 N–H and O–H groups in total. The fraction of sp³-hybridized carbons (Fsp3) is 0.471. The maximum absolute atomic E-state index is 12.2. The third kappa shape index (κ3) is 6.10. The Bertz CT molecular complexity index is 566. The first-order valence-electron chi connectivity index (χ1n) is 7.56. The number of carboxylic acid groups (broad SMARTS) is 1. The Kier molecular flexibility index (Phi) is 6.75. The van der Waals surface area contributed by atoms with Crippen molar-refractivity contribution < 1.29 is 19.5 Å². The van der Waals surface area contributed by atoms with Gasteiger partial charge in [0.25, 0.3) is 0 Å². The van der Waals surface area contributed by atoms with Gasteiger partial charge in [-0.1, -0.05) is 43.7 Å². The van der Waals surface area contributed by atoms with E-state index in [1.807, 2.05) is 31.2 Å². The minimum Gasteiger partial charge on any atom is -0.480 e. The molecule has 0 aliphatic rings. The summed E-state index contributed by atoms with van der Waals surface area (Å²) in [6.07, 6.45) is -0.0147. The molecule has 0 heterocycles. The highest BCUT2D eigenvalue weighted by molar-refractivity contribution is 5.84. The molecule has 1 aromatic carbocycles. The molecule has 1 rings (SSSR count). The zero-order valence-corrected chi connectivity index (χ0v) is 13.9. The van der Waals surface area contributed by atoms with Crippen molar-refractivity contribution in [3.05, 3.63) is 35.4 Å². The zero-order valence-electron chi connectivity index (χ0n) is 13.9. The minimum atomic E-state index is -1.07. The van der Waals surface area contributed by atoms with Gasteiger partial charge in [-0.25, -0.2) is 4.79 Å². The van der Waals surface area contributed by atoms with Crippen LogP contribution in [0.1, 0.15) is 44.4 Å². The fourth-order valence-corrected chi connectivity index (χ4v) is 2.23. The van der Waals surface area contributed by atoms with E-state index in [0.29, 0.717) is 0 Å². The van der Waals surface area contributed by atoms with E-state index < -0.39 is 24.0 Å². The van der Waals surface area contributed by atoms with Crippen molar-refractivity contribution in [2.45, 2.75) is 46.2 Å². The molecule has 0 aliphatic carbocycles. The average Bonchev–Trinajstić information content (AvgIpc) is 2.43. The van der Waals surface area contributed by atoms with Crippen LogP contribution in [0.3, 0.4) is 0 Å². The summed E-state index contributed by atoms with van der Waals surface area (Å²) in [6, 6.07) is 6.06. The van der Waals surface area contributed by atoms with Gasteiger partial charge in [0.1, 0.15) is 6.04 Å². The summed E-state index contributed by atoms with van der Waals surface area (Å²) in [7, 11) is 0. The number of carbonyl (C=O) groups excluding carboxylic acids is 2. The lowest BCUT2D eigenvalue weighted by Crippen LogP contribution is -2.45. The van der Waals surface area contributed by atoms with Crippen molar-refractivity contribution in [1.29, 1.82) is 0 Å². The van der Waals surface area contributed by atoms with E-state index >= 15 is 0 Å². The lowest BCUT2D eigenvalue weighted by molar-refractivity contribution is -0.143. The predicted molar refractivity (Wildman–Crippen MR) is 86.8 cm³/mol. The lowest BCUT2D eigenvalue weighted by atomic mass is 10.0. The third-order valence-electron chi connectivity index (χ3n) is 3.50. The van der Waals surface area contributed by atoms with Gasteiger partial charge in [-0.05, 0) is 18.4 Å². The van der Waals surface area contributed by atoms with Crippen LogP contribution in [0.15, 0.2) is 24.3 Å². The van der Waals surface area contributed by atoms with Gasteiger partial charge >= 0.3 is 5.97 Å². The first-order chi connectivity index (χ1) is 10.7. The van der Waals surface area contributed by atoms with Crippen molar-refractivity contribution in [1.82, 2.24) is 10.6 Å². The van der Waals surface area contributed by atoms with E-state index in [9.17, 15) is 14.4 Å². The Morgan fingerprint density at radius 1 is 1.09 bits per heavy atom. The highest BCUT2D eigenvalue weighted by atomic mass is 16.4. The predicted octanol–water partition coefficient (Wildman–Crippen LogP) is 1.79. The van der Waals surface area contributed by atoms with Crippen LogP contribution < -0.4 is 10.6 Å². The zero-order chi connectivity index (χ0) is 17.6. The molecule has 6 heteroatoms. The van der Waals surface area contributed by atoms with Crippen molar-refractivity contribution in [2.24, 2.45) is 5.92 Å². The van der Waals surface area contributed by atoms with Crippen molar-refractivity contribution in [3.8, 4) is 0 Å². The molecule has 0 saturated carbocycles. The van der Waals surface area contributed by atoms with Gasteiger partial charge in [0.2, 0.25) is 11.8 Å². The molecule has 0 aromatic heterocycles. The quantitative estimate of drug-likeness (QED) is 0.713. The van der Waals surface area contributed by atoms with E-state index in [2.05, 4.69) is 10.6 Å². The summed E-state index contributed by atoms with van der Waals surface area (Å²) in [5, 5.41) is 14.4. The molecular formula is C17H24N2O4. The number of hydrogen-bond donors (Lipinski definition) is 3. The van der Waals surface area contributed by atoms with Crippen LogP contribution in [0, 0.1) is 12.8 Å². The van der Waals surface area contributed by atoms with Gasteiger partial charge in [-0.3, -0.25) is 9.59 Å². The molecule has 2 atom stereocenters. The molecule has 0 spiro atoms. The molecular weight excluding hydrogens is 296 g/mol. The van der Waals surface area contributed by atoms with Gasteiger partial charge in [-0.2, -0.15) is 0 Å². The number of nitrogens with one attached hydrogen (secondary N) is 2. The highest BCUT2D eigenvalue weighted by Crippen LogP contribution is 2.18. The molecule has 1 aromatic rings. The van der Waals surface area contributed by atoms with Crippen molar-refractivity contribution >= 4 is 17.8 Å². The topological polar surface area (TPSA) is 95.5 Å². The number of benzene rings is 1. The summed E-state index contributed by atoms with van der Waals surface area (Å²) < 4.78 is 0. The Labute approximate surface area is 136 Å². The van der Waals surface area contributed by atoms with E-state index in [1.54, 1.807) is 13.8 Å². The number of aliphatic carboxylic acids is 1. The van der Waals surface area contributed by atoms with Gasteiger partial charge in [0.05, 0.1) is 12.5 Å². The Morgan fingerprint density at radius 3 is 2.09 bits per heavy atom. The minimum absolute atomic E-state index is 0.0147. The van der Waals surface area contributed by atoms with E-state index in [0.717, 1.165) is 11.1 Å². The summed E-state index contributed by atoms with van der Waals surface area (Å²) in [6.45, 7) is 6.78. The van der Waals surface area contributed by atoms with Gasteiger partial charge < -0.3 is 15.7 Å². The summed E-state index contributed by atoms with van der Waals surface area (Å²) >= 11 is 0. The smallest absolute Gasteiger partial charge is 0.326 e. The Hall–Kier alpha value is -2.37. The molecule has 6 nitrogen and oxygen atoms in total. The number of rotatable bonds is 7. The van der Waals surface area contributed by atoms with Crippen LogP contribution in [-0.4, -0.2) is 28.9 Å². The van der Waals surface area contributed by atoms with Gasteiger partial charge in [0.15, 0.2) is 0 Å². The summed E-state index contributed by atoms with van der Waals surface area (Å²) in [5.41, 5.74) is 1.88. The maximum Gasteiger partial charge on any atom is 0.326 e. The molecule has 1 unspecified atom stereocenters. The second kappa shape index (κ2) is 8.31. The lowest BCUT2D eigenvalue weighted by Gasteiger charge is -2.22. The van der Waals surface area contributed by atoms with Crippen LogP contribution in [-0.2, 0) is 14.4 Å². The van der Waals surface area contributed by atoms with Crippen LogP contribution in [0.2, 0.25) is 0 Å². The second-order valence-electron chi connectivity index (χ2n) is 6.00. The molecule has 0 fully saturated rings. The van der Waals surface area contributed by atoms with Crippen LogP contribution in [0.4, 0.5) is 0 Å². The SMILES string of the molecule is CC(=O)NC(CC(=O)N[C@@H](C(=O)O)C(C)C)c1ccc(C)cc1. The standard InChI is InChI=1S/C17H24N2O4/c1-10(2)16(17(22)23)19-15(21)9-14(18-12(4)20)13-7-5-11(3)6-8-13/h5-8,10,14,16H,9H2,1-4H3,(H,18,20)(H,19,21)(H,22,23)/t14?,16-/m1/s1. The van der Waals surface area contributed by atoms with Crippen LogP contribution in [0.25, 0.3) is 0 Å². The van der Waals surface area contributed by atoms with Crippen molar-refractivity contribution in [2.75, 3.05) is 0 Å². The van der Waals surface area contributed by atoms with Gasteiger partial charge in [-0.15, -0.1) is 0 Å². The van der Waals surface area contributed by atoms with Crippen LogP contribution in [0.5, 0.6) is 0 Å². The Balaban J connectivity index is 2.84. The van der Waals surface area contributed by atoms with E-state index in [-0.39, 0.29) is 18.2 Å². The van der Waals surface area contributed by atoms with E-state index in [1.165, 1.54) is 6.92 Å². The number of carboxylic acids is 1. The molecule has 23 heavy (non-hydrogen) atoms. The molecule has 0 bridgehead atoms. The molecule has 0 saturated heterocycles. The number of aryl methyl sites for hydroxylation is 1. The maximum atomic E-state index is 12.2. The first kappa shape index (κ1) is 18.7. The Morgan fingerprint density at radius 2 is 1.65 bits per heavy atom. The number of amides is 2. The van der Waals surface area contributed by atoms with Crippen LogP contribution >= 0.6 is 0 Å². The number of hydrogen-bond acceptors (Lipinski definition) is 3. The normalized spacial score (nSPS) is 13.3. The van der Waals surface area contributed by atoms with Crippen molar-refractivity contribution in [3.63, 3.8) is 0 Å². The monoisotopic (exact) mass is 320 g/mol. The summed E-state index contributed by atoms with van der Waals surface area (Å²) in [5.74, 6) is -1.96. The highest BCUT2D eigenvalue weighted by Gasteiger charge is 2.25. The van der Waals surface area contributed by atoms with Gasteiger partial charge in [0, 0.05) is 6.92 Å². The number of carbonyl (C=O) groups is 3. The average molecular weight is 320 g/mol. The molecule has 2 amide bonds. The summed E-state index contributed by atoms with van der Waals surface area (Å²) in [4.78, 5) is 34.7. The second-order valence-corrected chi connectivity index (χ2v) is 6.00. The molecule has 126 valence electrons. The first-order valence-corrected chi connectivity index (χ1v) is 7.56. The van der Waals surface area contributed by atoms with E-state index in [4.69, 9.17) is 5.11 Å². The molecule has 0 radical (unpaired) electrons.